The summed E-state index contributed by atoms with van der Waals surface area (Å²) in [6.45, 7) is 8.72. The topological polar surface area (TPSA) is 78.8 Å². The maximum absolute atomic E-state index is 11.8. The molecule has 0 aromatic heterocycles. The van der Waals surface area contributed by atoms with Crippen LogP contribution in [-0.4, -0.2) is 34.5 Å². The van der Waals surface area contributed by atoms with Gasteiger partial charge in [0.05, 0.1) is 18.2 Å². The van der Waals surface area contributed by atoms with Crippen molar-refractivity contribution in [1.29, 1.82) is 0 Å². The van der Waals surface area contributed by atoms with Crippen LogP contribution in [0.25, 0.3) is 0 Å². The smallest absolute Gasteiger partial charge is 0.223 e. The molecule has 0 bridgehead atoms. The van der Waals surface area contributed by atoms with Crippen LogP contribution in [-0.2, 0) is 9.68 Å². The quantitative estimate of drug-likeness (QED) is 0.473. The normalized spacial score (nSPS) is 17.7. The lowest BCUT2D eigenvalue weighted by Gasteiger charge is -2.29. The van der Waals surface area contributed by atoms with E-state index in [0.29, 0.717) is 0 Å². The zero-order valence-electron chi connectivity index (χ0n) is 10.7. The molecule has 5 nitrogen and oxygen atoms in total. The van der Waals surface area contributed by atoms with Crippen molar-refractivity contribution in [2.75, 3.05) is 6.61 Å². The molecule has 3 N–H and O–H groups in total. The van der Waals surface area contributed by atoms with E-state index in [-0.39, 0.29) is 30.4 Å². The molecule has 1 amide bonds. The van der Waals surface area contributed by atoms with Gasteiger partial charge in [0, 0.05) is 5.92 Å². The van der Waals surface area contributed by atoms with E-state index in [4.69, 9.17) is 5.26 Å². The Labute approximate surface area is 96.7 Å². The van der Waals surface area contributed by atoms with Gasteiger partial charge < -0.3 is 10.4 Å². The minimum Gasteiger partial charge on any atom is -0.388 e. The Morgan fingerprint density at radius 1 is 1.38 bits per heavy atom. The van der Waals surface area contributed by atoms with E-state index >= 15 is 0 Å². The first kappa shape index (κ1) is 15.3. The summed E-state index contributed by atoms with van der Waals surface area (Å²) in [4.78, 5) is 15.8. The Balaban J connectivity index is 4.25. The average Bonchev–Trinajstić information content (AvgIpc) is 2.15. The van der Waals surface area contributed by atoms with Gasteiger partial charge in [-0.1, -0.05) is 13.8 Å². The fourth-order valence-electron chi connectivity index (χ4n) is 1.04. The Morgan fingerprint density at radius 3 is 2.25 bits per heavy atom. The third-order valence-electron chi connectivity index (χ3n) is 3.02. The van der Waals surface area contributed by atoms with Crippen molar-refractivity contribution in [2.45, 2.75) is 46.3 Å². The predicted octanol–water partition coefficient (Wildman–Crippen LogP) is 1.02. The summed E-state index contributed by atoms with van der Waals surface area (Å²) in [6, 6.07) is -0.329. The van der Waals surface area contributed by atoms with Crippen molar-refractivity contribution in [3.8, 4) is 0 Å². The van der Waals surface area contributed by atoms with Gasteiger partial charge in [-0.3, -0.25) is 10.1 Å². The summed E-state index contributed by atoms with van der Waals surface area (Å²) in [7, 11) is 0. The van der Waals surface area contributed by atoms with Crippen LogP contribution in [0.3, 0.4) is 0 Å². The highest BCUT2D eigenvalue weighted by atomic mass is 17.1. The van der Waals surface area contributed by atoms with Gasteiger partial charge in [0.25, 0.3) is 0 Å². The molecule has 0 aromatic rings. The number of carbonyl (C=O) groups is 1. The molecule has 0 fully saturated rings. The standard InChI is InChI=1S/C11H23NO4/c1-7(6-16-15)8(2)10(13)12-9(3)11(4,5)14/h7-9,14-15H,6H2,1-5H3,(H,12,13). The van der Waals surface area contributed by atoms with Crippen LogP contribution >= 0.6 is 0 Å². The minimum atomic E-state index is -0.952. The Kier molecular flexibility index (Phi) is 5.92. The molecule has 0 aliphatic carbocycles. The third kappa shape index (κ3) is 4.92. The third-order valence-corrected chi connectivity index (χ3v) is 3.02. The second kappa shape index (κ2) is 6.18. The van der Waals surface area contributed by atoms with Crippen molar-refractivity contribution in [3.63, 3.8) is 0 Å². The lowest BCUT2D eigenvalue weighted by Crippen LogP contribution is -2.49. The van der Waals surface area contributed by atoms with Gasteiger partial charge >= 0.3 is 0 Å². The van der Waals surface area contributed by atoms with Gasteiger partial charge in [0.2, 0.25) is 5.91 Å². The van der Waals surface area contributed by atoms with E-state index < -0.39 is 5.60 Å². The molecule has 96 valence electrons. The minimum absolute atomic E-state index is 0.0843. The van der Waals surface area contributed by atoms with Crippen molar-refractivity contribution >= 4 is 5.91 Å². The lowest BCUT2D eigenvalue weighted by molar-refractivity contribution is -0.252. The van der Waals surface area contributed by atoms with Crippen LogP contribution in [0.15, 0.2) is 0 Å². The molecular formula is C11H23NO4. The molecule has 0 heterocycles. The fraction of sp³-hybridized carbons (Fsp3) is 0.909. The second-order valence-corrected chi connectivity index (χ2v) is 4.95. The molecule has 0 aromatic carbocycles. The molecule has 0 saturated heterocycles. The molecule has 3 atom stereocenters. The summed E-state index contributed by atoms with van der Waals surface area (Å²) in [5, 5.41) is 20.7. The van der Waals surface area contributed by atoms with Crippen molar-refractivity contribution in [1.82, 2.24) is 5.32 Å². The van der Waals surface area contributed by atoms with Crippen LogP contribution in [0.4, 0.5) is 0 Å². The largest absolute Gasteiger partial charge is 0.388 e. The number of nitrogens with one attached hydrogen (secondary N) is 1. The highest BCUT2D eigenvalue weighted by molar-refractivity contribution is 5.78. The maximum Gasteiger partial charge on any atom is 0.223 e. The van der Waals surface area contributed by atoms with E-state index in [2.05, 4.69) is 10.2 Å². The molecular weight excluding hydrogens is 210 g/mol. The molecule has 0 saturated carbocycles. The Morgan fingerprint density at radius 2 is 1.88 bits per heavy atom. The molecule has 5 heteroatoms. The predicted molar refractivity (Wildman–Crippen MR) is 60.8 cm³/mol. The van der Waals surface area contributed by atoms with Gasteiger partial charge in [-0.05, 0) is 26.7 Å². The molecule has 0 radical (unpaired) electrons. The maximum atomic E-state index is 11.8. The molecule has 16 heavy (non-hydrogen) atoms. The summed E-state index contributed by atoms with van der Waals surface area (Å²) < 4.78 is 0. The van der Waals surface area contributed by atoms with Gasteiger partial charge in [-0.2, -0.15) is 0 Å². The van der Waals surface area contributed by atoms with Gasteiger partial charge in [0.15, 0.2) is 0 Å². The summed E-state index contributed by atoms with van der Waals surface area (Å²) >= 11 is 0. The van der Waals surface area contributed by atoms with Crippen LogP contribution in [0.5, 0.6) is 0 Å². The van der Waals surface area contributed by atoms with E-state index in [9.17, 15) is 9.90 Å². The van der Waals surface area contributed by atoms with Crippen LogP contribution in [0, 0.1) is 11.8 Å². The second-order valence-electron chi connectivity index (χ2n) is 4.95. The number of rotatable bonds is 6. The molecule has 0 spiro atoms. The van der Waals surface area contributed by atoms with Crippen molar-refractivity contribution in [3.05, 3.63) is 0 Å². The highest BCUT2D eigenvalue weighted by Gasteiger charge is 2.27. The summed E-state index contributed by atoms with van der Waals surface area (Å²) in [5.41, 5.74) is -0.952. The van der Waals surface area contributed by atoms with Gasteiger partial charge in [-0.25, -0.2) is 4.89 Å². The Hall–Kier alpha value is -0.650. The van der Waals surface area contributed by atoms with E-state index in [1.807, 2.05) is 6.92 Å². The number of hydrogen-bond donors (Lipinski definition) is 3. The molecule has 0 rings (SSSR count). The zero-order valence-corrected chi connectivity index (χ0v) is 10.7. The number of amides is 1. The number of hydrogen-bond acceptors (Lipinski definition) is 4. The van der Waals surface area contributed by atoms with Gasteiger partial charge in [0.1, 0.15) is 0 Å². The highest BCUT2D eigenvalue weighted by Crippen LogP contribution is 2.13. The van der Waals surface area contributed by atoms with Crippen LogP contribution in [0.2, 0.25) is 0 Å². The Bertz CT molecular complexity index is 225. The number of carbonyl (C=O) groups excluding carboxylic acids is 1. The molecule has 3 unspecified atom stereocenters. The van der Waals surface area contributed by atoms with E-state index in [0.717, 1.165) is 0 Å². The number of aliphatic hydroxyl groups is 1. The monoisotopic (exact) mass is 233 g/mol. The average molecular weight is 233 g/mol. The van der Waals surface area contributed by atoms with Crippen LogP contribution in [0.1, 0.15) is 34.6 Å². The van der Waals surface area contributed by atoms with Crippen LogP contribution < -0.4 is 5.32 Å². The van der Waals surface area contributed by atoms with Crippen molar-refractivity contribution < 1.29 is 20.0 Å². The lowest BCUT2D eigenvalue weighted by atomic mass is 9.94. The molecule has 0 aliphatic heterocycles. The van der Waals surface area contributed by atoms with E-state index in [1.165, 1.54) is 0 Å². The van der Waals surface area contributed by atoms with E-state index in [1.54, 1.807) is 27.7 Å². The summed E-state index contributed by atoms with van der Waals surface area (Å²) in [5.74, 6) is -0.518. The SMILES string of the molecule is CC(COO)C(C)C(=O)NC(C)C(C)(C)O. The zero-order chi connectivity index (χ0) is 12.9. The first-order valence-electron chi connectivity index (χ1n) is 5.49. The summed E-state index contributed by atoms with van der Waals surface area (Å²) in [6.07, 6.45) is 0. The van der Waals surface area contributed by atoms with Crippen molar-refractivity contribution in [2.24, 2.45) is 11.8 Å². The first-order valence-corrected chi connectivity index (χ1v) is 5.49. The molecule has 0 aliphatic rings. The fourth-order valence-corrected chi connectivity index (χ4v) is 1.04. The first-order chi connectivity index (χ1) is 7.20. The van der Waals surface area contributed by atoms with Gasteiger partial charge in [-0.15, -0.1) is 0 Å².